The average molecular weight is 553 g/mol. The Morgan fingerprint density at radius 2 is 1.70 bits per heavy atom. The second-order valence-electron chi connectivity index (χ2n) is 15.6. The van der Waals surface area contributed by atoms with Gasteiger partial charge in [-0.25, -0.2) is 0 Å². The molecule has 0 N–H and O–H groups in total. The number of rotatable bonds is 15. The van der Waals surface area contributed by atoms with E-state index in [0.717, 1.165) is 67.6 Å². The summed E-state index contributed by atoms with van der Waals surface area (Å²) < 4.78 is 6.06. The molecule has 8 atom stereocenters. The molecule has 0 aromatic heterocycles. The van der Waals surface area contributed by atoms with Crippen molar-refractivity contribution in [1.82, 2.24) is 0 Å². The molecule has 0 aromatic rings. The quantitative estimate of drug-likeness (QED) is 0.115. The molecule has 3 fully saturated rings. The second-order valence-corrected chi connectivity index (χ2v) is 15.6. The summed E-state index contributed by atoms with van der Waals surface area (Å²) in [5, 5.41) is 0. The third-order valence-electron chi connectivity index (χ3n) is 12.6. The fourth-order valence-corrected chi connectivity index (χ4v) is 10.3. The van der Waals surface area contributed by atoms with E-state index >= 15 is 0 Å². The molecule has 0 saturated heterocycles. The summed E-state index contributed by atoms with van der Waals surface area (Å²) in [6.07, 6.45) is 28.2. The highest BCUT2D eigenvalue weighted by Crippen LogP contribution is 2.67. The zero-order valence-corrected chi connectivity index (χ0v) is 27.2. The highest BCUT2D eigenvalue weighted by atomic mass is 16.5. The van der Waals surface area contributed by atoms with Crippen molar-refractivity contribution >= 4 is 5.97 Å². The number of unbranched alkanes of at least 4 members (excludes halogenated alkanes) is 6. The topological polar surface area (TPSA) is 26.3 Å². The fraction of sp³-hybridized carbons (Fsp3) is 0.868. The summed E-state index contributed by atoms with van der Waals surface area (Å²) in [6, 6.07) is 0. The Morgan fingerprint density at radius 1 is 0.950 bits per heavy atom. The van der Waals surface area contributed by atoms with Gasteiger partial charge in [0.1, 0.15) is 6.10 Å². The van der Waals surface area contributed by atoms with Gasteiger partial charge in [0.15, 0.2) is 0 Å². The van der Waals surface area contributed by atoms with E-state index in [4.69, 9.17) is 4.74 Å². The molecule has 4 rings (SSSR count). The number of esters is 1. The normalized spacial score (nSPS) is 35.9. The summed E-state index contributed by atoms with van der Waals surface area (Å²) in [4.78, 5) is 12.6. The van der Waals surface area contributed by atoms with E-state index in [2.05, 4.69) is 47.3 Å². The molecule has 2 nitrogen and oxygen atoms in total. The van der Waals surface area contributed by atoms with Gasteiger partial charge >= 0.3 is 5.97 Å². The van der Waals surface area contributed by atoms with Gasteiger partial charge in [-0.05, 0) is 111 Å². The molecule has 0 bridgehead atoms. The van der Waals surface area contributed by atoms with Gasteiger partial charge in [0.05, 0.1) is 0 Å². The predicted molar refractivity (Wildman–Crippen MR) is 170 cm³/mol. The SMILES string of the molecule is C=CCCCCCCCCC(=O)OC1CC[C@@]2(C)C(=CCC3C2CC[C@@]2(C)C3CC[C@@H]2[C@H](C)CCCC(C)C)C1. The third kappa shape index (κ3) is 7.29. The van der Waals surface area contributed by atoms with Crippen molar-refractivity contribution in [3.63, 3.8) is 0 Å². The molecule has 0 aliphatic heterocycles. The first-order valence-electron chi connectivity index (χ1n) is 17.7. The zero-order chi connectivity index (χ0) is 28.8. The van der Waals surface area contributed by atoms with Gasteiger partial charge in [-0.3, -0.25) is 4.79 Å². The van der Waals surface area contributed by atoms with Crippen LogP contribution in [0.15, 0.2) is 24.3 Å². The fourth-order valence-electron chi connectivity index (χ4n) is 10.3. The highest BCUT2D eigenvalue weighted by molar-refractivity contribution is 5.69. The number of ether oxygens (including phenoxy) is 1. The number of hydrogen-bond donors (Lipinski definition) is 0. The van der Waals surface area contributed by atoms with Gasteiger partial charge in [0.25, 0.3) is 0 Å². The van der Waals surface area contributed by atoms with Gasteiger partial charge in [-0.2, -0.15) is 0 Å². The maximum Gasteiger partial charge on any atom is 0.306 e. The van der Waals surface area contributed by atoms with Gasteiger partial charge in [-0.1, -0.05) is 97.3 Å². The maximum absolute atomic E-state index is 12.6. The summed E-state index contributed by atoms with van der Waals surface area (Å²) in [5.41, 5.74) is 2.52. The van der Waals surface area contributed by atoms with Crippen molar-refractivity contribution in [2.45, 2.75) is 163 Å². The molecule has 228 valence electrons. The lowest BCUT2D eigenvalue weighted by molar-refractivity contribution is -0.151. The highest BCUT2D eigenvalue weighted by Gasteiger charge is 2.59. The van der Waals surface area contributed by atoms with Crippen LogP contribution in [0, 0.1) is 46.3 Å². The van der Waals surface area contributed by atoms with Gasteiger partial charge < -0.3 is 4.74 Å². The van der Waals surface area contributed by atoms with Crippen LogP contribution in [0.3, 0.4) is 0 Å². The summed E-state index contributed by atoms with van der Waals surface area (Å²) in [5.74, 6) is 5.31. The number of hydrogen-bond acceptors (Lipinski definition) is 2. The molecule has 0 spiro atoms. The average Bonchev–Trinajstić information content (AvgIpc) is 3.27. The van der Waals surface area contributed by atoms with Crippen molar-refractivity contribution in [2.75, 3.05) is 0 Å². The molecule has 4 aliphatic rings. The van der Waals surface area contributed by atoms with E-state index in [1.54, 1.807) is 5.57 Å². The van der Waals surface area contributed by atoms with Crippen LogP contribution < -0.4 is 0 Å². The van der Waals surface area contributed by atoms with Crippen molar-refractivity contribution < 1.29 is 9.53 Å². The molecular weight excluding hydrogens is 488 g/mol. The van der Waals surface area contributed by atoms with E-state index in [9.17, 15) is 4.79 Å². The molecule has 2 heteroatoms. The molecule has 0 aromatic carbocycles. The smallest absolute Gasteiger partial charge is 0.306 e. The number of carbonyl (C=O) groups is 1. The minimum atomic E-state index is 0.0440. The van der Waals surface area contributed by atoms with Crippen LogP contribution in [0.25, 0.3) is 0 Å². The van der Waals surface area contributed by atoms with E-state index in [1.165, 1.54) is 83.5 Å². The van der Waals surface area contributed by atoms with Crippen LogP contribution in [0.2, 0.25) is 0 Å². The Bertz CT molecular complexity index is 856. The standard InChI is InChI=1S/C38H64O2/c1-7-8-9-10-11-12-13-14-18-36(39)40-31-23-25-37(5)30(27-31)19-20-32-34-22-21-33(29(4)17-15-16-28(2)3)38(34,6)26-24-35(32)37/h7,19,28-29,31-35H,1,8-18,20-27H2,2-6H3/t29-,31?,32?,33-,34?,35?,37+,38-/m1/s1. The summed E-state index contributed by atoms with van der Waals surface area (Å²) in [6.45, 7) is 16.4. The Balaban J connectivity index is 1.26. The Labute approximate surface area is 248 Å². The third-order valence-corrected chi connectivity index (χ3v) is 12.6. The first-order valence-corrected chi connectivity index (χ1v) is 17.7. The van der Waals surface area contributed by atoms with Gasteiger partial charge in [0.2, 0.25) is 0 Å². The Morgan fingerprint density at radius 3 is 2.45 bits per heavy atom. The molecule has 4 aliphatic carbocycles. The van der Waals surface area contributed by atoms with Crippen LogP contribution in [0.5, 0.6) is 0 Å². The van der Waals surface area contributed by atoms with Crippen LogP contribution in [-0.2, 0) is 9.53 Å². The van der Waals surface area contributed by atoms with Crippen LogP contribution in [-0.4, -0.2) is 12.1 Å². The second kappa shape index (κ2) is 14.4. The zero-order valence-electron chi connectivity index (χ0n) is 27.2. The van der Waals surface area contributed by atoms with Crippen molar-refractivity contribution in [2.24, 2.45) is 46.3 Å². The molecular formula is C38H64O2. The van der Waals surface area contributed by atoms with Crippen molar-refractivity contribution in [1.29, 1.82) is 0 Å². The van der Waals surface area contributed by atoms with E-state index in [0.29, 0.717) is 17.3 Å². The van der Waals surface area contributed by atoms with Gasteiger partial charge in [0, 0.05) is 12.8 Å². The summed E-state index contributed by atoms with van der Waals surface area (Å²) in [7, 11) is 0. The van der Waals surface area contributed by atoms with Crippen LogP contribution in [0.1, 0.15) is 157 Å². The van der Waals surface area contributed by atoms with E-state index < -0.39 is 0 Å². The monoisotopic (exact) mass is 552 g/mol. The number of allylic oxidation sites excluding steroid dienone is 2. The largest absolute Gasteiger partial charge is 0.462 e. The Kier molecular flexibility index (Phi) is 11.5. The molecule has 0 amide bonds. The minimum Gasteiger partial charge on any atom is -0.462 e. The van der Waals surface area contributed by atoms with Crippen molar-refractivity contribution in [3.8, 4) is 0 Å². The first kappa shape index (κ1) is 31.9. The molecule has 0 heterocycles. The molecule has 4 unspecified atom stereocenters. The molecule has 3 saturated carbocycles. The number of carbonyl (C=O) groups excluding carboxylic acids is 1. The van der Waals surface area contributed by atoms with E-state index in [-0.39, 0.29) is 12.1 Å². The van der Waals surface area contributed by atoms with Gasteiger partial charge in [-0.15, -0.1) is 6.58 Å². The lowest BCUT2D eigenvalue weighted by Gasteiger charge is -2.58. The lowest BCUT2D eigenvalue weighted by atomic mass is 9.47. The van der Waals surface area contributed by atoms with E-state index in [1.807, 2.05) is 6.08 Å². The Hall–Kier alpha value is -1.05. The van der Waals surface area contributed by atoms with Crippen LogP contribution >= 0.6 is 0 Å². The maximum atomic E-state index is 12.6. The minimum absolute atomic E-state index is 0.0440. The lowest BCUT2D eigenvalue weighted by Crippen LogP contribution is -2.51. The number of fused-ring (bicyclic) bond motifs is 5. The molecule has 0 radical (unpaired) electrons. The summed E-state index contributed by atoms with van der Waals surface area (Å²) >= 11 is 0. The first-order chi connectivity index (χ1) is 19.2. The predicted octanol–water partition coefficient (Wildman–Crippen LogP) is 11.2. The van der Waals surface area contributed by atoms with Crippen LogP contribution in [0.4, 0.5) is 0 Å². The molecule has 40 heavy (non-hydrogen) atoms. The van der Waals surface area contributed by atoms with Crippen molar-refractivity contribution in [3.05, 3.63) is 24.3 Å².